The van der Waals surface area contributed by atoms with Gasteiger partial charge in [0.1, 0.15) is 0 Å². The van der Waals surface area contributed by atoms with Gasteiger partial charge in [0, 0.05) is 17.8 Å². The predicted octanol–water partition coefficient (Wildman–Crippen LogP) is 2.12. The number of hydrogen-bond acceptors (Lipinski definition) is 4. The number of rotatable bonds is 4. The molecule has 6 heteroatoms. The number of carbonyl (C=O) groups is 2. The van der Waals surface area contributed by atoms with Crippen molar-refractivity contribution >= 4 is 17.6 Å². The van der Waals surface area contributed by atoms with E-state index in [9.17, 15) is 14.8 Å². The first-order chi connectivity index (χ1) is 10.9. The Morgan fingerprint density at radius 3 is 2.65 bits per heavy atom. The summed E-state index contributed by atoms with van der Waals surface area (Å²) < 4.78 is 5.45. The van der Waals surface area contributed by atoms with E-state index in [0.29, 0.717) is 10.4 Å². The Kier molecular flexibility index (Phi) is 4.95. The Bertz CT molecular complexity index is 743. The largest absolute Gasteiger partial charge is 0.618 e. The van der Waals surface area contributed by atoms with Crippen molar-refractivity contribution in [3.05, 3.63) is 64.6 Å². The molecule has 1 aromatic heterocycles. The van der Waals surface area contributed by atoms with Gasteiger partial charge >= 0.3 is 11.7 Å². The van der Waals surface area contributed by atoms with Gasteiger partial charge < -0.3 is 15.3 Å². The van der Waals surface area contributed by atoms with Crippen LogP contribution in [0.3, 0.4) is 0 Å². The van der Waals surface area contributed by atoms with Gasteiger partial charge in [-0.05, 0) is 44.0 Å². The van der Waals surface area contributed by atoms with E-state index in [0.717, 1.165) is 11.1 Å². The van der Waals surface area contributed by atoms with Gasteiger partial charge in [0.25, 0.3) is 5.91 Å². The number of carbonyl (C=O) groups excluding carboxylic acids is 2. The number of aromatic nitrogens is 1. The summed E-state index contributed by atoms with van der Waals surface area (Å²) in [6.45, 7) is 5.24. The highest BCUT2D eigenvalue weighted by molar-refractivity contribution is 5.97. The van der Waals surface area contributed by atoms with Gasteiger partial charge in [-0.1, -0.05) is 12.1 Å². The standard InChI is InChI=1S/C17H18N2O4/c1-11-7-8-12(2)14(10-11)18-16(20)13(3)23-17(21)15-6-4-5-9-19(15)22/h4-10,13H,1-3H3,(H,18,20)/t13-/m1/s1. The molecule has 0 fully saturated rings. The molecule has 1 amide bonds. The number of nitrogens with one attached hydrogen (secondary N) is 1. The highest BCUT2D eigenvalue weighted by atomic mass is 16.6. The number of amides is 1. The number of aryl methyl sites for hydroxylation is 2. The smallest absolute Gasteiger partial charge is 0.405 e. The molecule has 1 atom stereocenters. The minimum Gasteiger partial charge on any atom is -0.618 e. The van der Waals surface area contributed by atoms with Gasteiger partial charge in [0.05, 0.1) is 0 Å². The van der Waals surface area contributed by atoms with Crippen molar-refractivity contribution in [2.75, 3.05) is 5.32 Å². The zero-order valence-electron chi connectivity index (χ0n) is 13.2. The second kappa shape index (κ2) is 6.91. The second-order valence-electron chi connectivity index (χ2n) is 5.27. The summed E-state index contributed by atoms with van der Waals surface area (Å²) in [6.07, 6.45) is 0.167. The normalized spacial score (nSPS) is 11.6. The van der Waals surface area contributed by atoms with Crippen molar-refractivity contribution in [1.29, 1.82) is 0 Å². The van der Waals surface area contributed by atoms with Crippen LogP contribution in [0.1, 0.15) is 28.5 Å². The van der Waals surface area contributed by atoms with Gasteiger partial charge in [-0.25, -0.2) is 4.79 Å². The van der Waals surface area contributed by atoms with Crippen LogP contribution in [0, 0.1) is 19.1 Å². The summed E-state index contributed by atoms with van der Waals surface area (Å²) in [5, 5.41) is 14.2. The lowest BCUT2D eigenvalue weighted by molar-refractivity contribution is -0.608. The number of pyridine rings is 1. The van der Waals surface area contributed by atoms with Gasteiger partial charge in [0.2, 0.25) is 0 Å². The average molecular weight is 314 g/mol. The summed E-state index contributed by atoms with van der Waals surface area (Å²) in [4.78, 5) is 24.1. The average Bonchev–Trinajstić information content (AvgIpc) is 2.51. The first-order valence-electron chi connectivity index (χ1n) is 7.16. The van der Waals surface area contributed by atoms with Crippen LogP contribution in [0.5, 0.6) is 0 Å². The fraction of sp³-hybridized carbons (Fsp3) is 0.235. The lowest BCUT2D eigenvalue weighted by atomic mass is 10.1. The van der Waals surface area contributed by atoms with E-state index in [4.69, 9.17) is 4.74 Å². The number of benzene rings is 1. The zero-order chi connectivity index (χ0) is 17.0. The number of nitrogens with zero attached hydrogens (tertiary/aromatic N) is 1. The van der Waals surface area contributed by atoms with E-state index in [2.05, 4.69) is 5.32 Å². The molecule has 1 aromatic carbocycles. The molecule has 0 saturated heterocycles. The van der Waals surface area contributed by atoms with Crippen molar-refractivity contribution in [3.8, 4) is 0 Å². The maximum absolute atomic E-state index is 12.2. The molecule has 1 N–H and O–H groups in total. The first kappa shape index (κ1) is 16.5. The number of ether oxygens (including phenoxy) is 1. The summed E-state index contributed by atoms with van der Waals surface area (Å²) >= 11 is 0. The van der Waals surface area contributed by atoms with Crippen LogP contribution in [0.15, 0.2) is 42.6 Å². The van der Waals surface area contributed by atoms with Crippen LogP contribution in [0.2, 0.25) is 0 Å². The maximum atomic E-state index is 12.2. The van der Waals surface area contributed by atoms with Crippen molar-refractivity contribution in [2.24, 2.45) is 0 Å². The number of esters is 1. The molecule has 120 valence electrons. The van der Waals surface area contributed by atoms with Crippen molar-refractivity contribution < 1.29 is 19.1 Å². The Morgan fingerprint density at radius 1 is 1.22 bits per heavy atom. The van der Waals surface area contributed by atoms with Crippen molar-refractivity contribution in [1.82, 2.24) is 0 Å². The molecule has 0 radical (unpaired) electrons. The molecular weight excluding hydrogens is 296 g/mol. The number of hydrogen-bond donors (Lipinski definition) is 1. The minimum atomic E-state index is -1.03. The highest BCUT2D eigenvalue weighted by Gasteiger charge is 2.24. The van der Waals surface area contributed by atoms with E-state index in [1.165, 1.54) is 25.3 Å². The minimum absolute atomic E-state index is 0.168. The predicted molar refractivity (Wildman–Crippen MR) is 84.8 cm³/mol. The maximum Gasteiger partial charge on any atom is 0.405 e. The van der Waals surface area contributed by atoms with E-state index >= 15 is 0 Å². The molecule has 6 nitrogen and oxygen atoms in total. The third-order valence-corrected chi connectivity index (χ3v) is 3.34. The van der Waals surface area contributed by atoms with Gasteiger partial charge in [-0.15, -0.1) is 0 Å². The summed E-state index contributed by atoms with van der Waals surface area (Å²) in [6, 6.07) is 10.1. The topological polar surface area (TPSA) is 82.3 Å². The molecule has 0 aliphatic rings. The van der Waals surface area contributed by atoms with Crippen LogP contribution in [-0.4, -0.2) is 18.0 Å². The Balaban J connectivity index is 2.04. The quantitative estimate of drug-likeness (QED) is 0.532. The second-order valence-corrected chi connectivity index (χ2v) is 5.27. The molecule has 0 aliphatic carbocycles. The van der Waals surface area contributed by atoms with Crippen LogP contribution < -0.4 is 10.0 Å². The third-order valence-electron chi connectivity index (χ3n) is 3.34. The van der Waals surface area contributed by atoms with Crippen molar-refractivity contribution in [2.45, 2.75) is 26.9 Å². The summed E-state index contributed by atoms with van der Waals surface area (Å²) in [5.74, 6) is -1.30. The Labute approximate surface area is 134 Å². The van der Waals surface area contributed by atoms with Crippen LogP contribution >= 0.6 is 0 Å². The molecule has 2 aromatic rings. The van der Waals surface area contributed by atoms with Crippen LogP contribution in [0.4, 0.5) is 5.69 Å². The van der Waals surface area contributed by atoms with Gasteiger partial charge in [0.15, 0.2) is 12.3 Å². The molecule has 1 heterocycles. The van der Waals surface area contributed by atoms with Gasteiger partial charge in [-0.2, -0.15) is 4.73 Å². The fourth-order valence-corrected chi connectivity index (χ4v) is 1.97. The Morgan fingerprint density at radius 2 is 1.96 bits per heavy atom. The summed E-state index contributed by atoms with van der Waals surface area (Å²) in [5.41, 5.74) is 2.41. The van der Waals surface area contributed by atoms with E-state index in [1.54, 1.807) is 6.07 Å². The third kappa shape index (κ3) is 4.06. The number of anilines is 1. The molecule has 0 unspecified atom stereocenters. The lowest BCUT2D eigenvalue weighted by Crippen LogP contribution is -2.37. The highest BCUT2D eigenvalue weighted by Crippen LogP contribution is 2.17. The monoisotopic (exact) mass is 314 g/mol. The van der Waals surface area contributed by atoms with Gasteiger partial charge in [-0.3, -0.25) is 4.79 Å². The van der Waals surface area contributed by atoms with Crippen LogP contribution in [0.25, 0.3) is 0 Å². The molecule has 0 spiro atoms. The Hall–Kier alpha value is -2.89. The molecule has 0 aliphatic heterocycles. The SMILES string of the molecule is Cc1ccc(C)c(NC(=O)[C@@H](C)OC(=O)c2cccc[n+]2[O-])c1. The van der Waals surface area contributed by atoms with Crippen LogP contribution in [-0.2, 0) is 9.53 Å². The van der Waals surface area contributed by atoms with Crippen molar-refractivity contribution in [3.63, 3.8) is 0 Å². The van der Waals surface area contributed by atoms with E-state index < -0.39 is 18.0 Å². The zero-order valence-corrected chi connectivity index (χ0v) is 13.2. The molecule has 0 saturated carbocycles. The molecule has 23 heavy (non-hydrogen) atoms. The van der Waals surface area contributed by atoms with E-state index in [1.807, 2.05) is 32.0 Å². The first-order valence-corrected chi connectivity index (χ1v) is 7.16. The summed E-state index contributed by atoms with van der Waals surface area (Å²) in [7, 11) is 0. The molecule has 0 bridgehead atoms. The fourth-order valence-electron chi connectivity index (χ4n) is 1.97. The molecular formula is C17H18N2O4. The molecule has 2 rings (SSSR count). The lowest BCUT2D eigenvalue weighted by Gasteiger charge is -2.14. The van der Waals surface area contributed by atoms with E-state index in [-0.39, 0.29) is 5.69 Å².